The molecule has 2 N–H and O–H groups in total. The van der Waals surface area contributed by atoms with E-state index in [9.17, 15) is 24.2 Å². The van der Waals surface area contributed by atoms with E-state index < -0.39 is 23.5 Å². The fraction of sp³-hybridized carbons (Fsp3) is 0.154. The largest absolute Gasteiger partial charge is 0.507 e. The number of hydrogen-bond acceptors (Lipinski definition) is 5. The van der Waals surface area contributed by atoms with Crippen LogP contribution in [0.3, 0.4) is 0 Å². The summed E-state index contributed by atoms with van der Waals surface area (Å²) in [6.45, 7) is 2.23. The summed E-state index contributed by atoms with van der Waals surface area (Å²) in [6, 6.07) is 15.4. The third-order valence-corrected chi connectivity index (χ3v) is 5.81. The van der Waals surface area contributed by atoms with Crippen molar-refractivity contribution >= 4 is 29.1 Å². The van der Waals surface area contributed by atoms with Gasteiger partial charge in [-0.05, 0) is 54.4 Å². The summed E-state index contributed by atoms with van der Waals surface area (Å²) >= 11 is 6.12. The highest BCUT2D eigenvalue weighted by Gasteiger charge is 2.46. The minimum atomic E-state index is -0.987. The molecule has 174 valence electrons. The summed E-state index contributed by atoms with van der Waals surface area (Å²) in [5.41, 5.74) is 1.20. The van der Waals surface area contributed by atoms with Crippen LogP contribution in [0, 0.1) is 5.82 Å². The fourth-order valence-electron chi connectivity index (χ4n) is 3.92. The van der Waals surface area contributed by atoms with Gasteiger partial charge in [0.15, 0.2) is 0 Å². The Morgan fingerprint density at radius 2 is 1.82 bits per heavy atom. The molecule has 1 heterocycles. The lowest BCUT2D eigenvalue weighted by Crippen LogP contribution is -2.29. The van der Waals surface area contributed by atoms with E-state index >= 15 is 0 Å². The summed E-state index contributed by atoms with van der Waals surface area (Å²) in [5.74, 6) is -2.14. The van der Waals surface area contributed by atoms with Crippen LogP contribution in [0.15, 0.2) is 72.3 Å². The lowest BCUT2D eigenvalue weighted by molar-refractivity contribution is -0.140. The van der Waals surface area contributed by atoms with E-state index in [4.69, 9.17) is 16.3 Å². The van der Waals surface area contributed by atoms with Gasteiger partial charge < -0.3 is 19.8 Å². The number of carbonyl (C=O) groups excluding carboxylic acids is 2. The molecule has 4 rings (SSSR count). The molecule has 0 aliphatic carbocycles. The molecule has 1 fully saturated rings. The number of carbonyl (C=O) groups is 2. The Labute approximate surface area is 200 Å². The van der Waals surface area contributed by atoms with Crippen LogP contribution in [0.2, 0.25) is 5.02 Å². The number of aromatic hydroxyl groups is 1. The second kappa shape index (κ2) is 9.57. The van der Waals surface area contributed by atoms with Gasteiger partial charge >= 0.3 is 0 Å². The molecule has 0 radical (unpaired) electrons. The van der Waals surface area contributed by atoms with Crippen LogP contribution in [0.4, 0.5) is 4.39 Å². The van der Waals surface area contributed by atoms with E-state index in [2.05, 4.69) is 0 Å². The van der Waals surface area contributed by atoms with Crippen molar-refractivity contribution in [3.63, 3.8) is 0 Å². The summed E-state index contributed by atoms with van der Waals surface area (Å²) in [4.78, 5) is 27.5. The number of benzene rings is 3. The maximum Gasteiger partial charge on any atom is 0.295 e. The Morgan fingerprint density at radius 3 is 2.50 bits per heavy atom. The van der Waals surface area contributed by atoms with Gasteiger partial charge in [-0.2, -0.15) is 0 Å². The van der Waals surface area contributed by atoms with Gasteiger partial charge in [0.05, 0.1) is 23.2 Å². The normalized spacial score (nSPS) is 17.3. The van der Waals surface area contributed by atoms with Gasteiger partial charge in [0.1, 0.15) is 23.1 Å². The number of likely N-dealkylation sites (tertiary alicyclic amines) is 1. The number of aliphatic hydroxyl groups excluding tert-OH is 1. The zero-order valence-corrected chi connectivity index (χ0v) is 18.9. The molecule has 6 nitrogen and oxygen atoms in total. The van der Waals surface area contributed by atoms with Crippen LogP contribution in [-0.2, 0) is 16.1 Å². The molecule has 0 aromatic heterocycles. The fourth-order valence-corrected chi connectivity index (χ4v) is 4.11. The summed E-state index contributed by atoms with van der Waals surface area (Å²) in [7, 11) is 0. The molecule has 3 aromatic rings. The third-order valence-electron chi connectivity index (χ3n) is 5.51. The quantitative estimate of drug-likeness (QED) is 0.287. The minimum absolute atomic E-state index is 0.0101. The number of aliphatic hydroxyl groups is 1. The van der Waals surface area contributed by atoms with Gasteiger partial charge in [-0.1, -0.05) is 41.9 Å². The maximum atomic E-state index is 13.4. The van der Waals surface area contributed by atoms with Gasteiger partial charge in [-0.15, -0.1) is 0 Å². The molecule has 0 saturated carbocycles. The Balaban J connectivity index is 1.86. The molecule has 0 spiro atoms. The van der Waals surface area contributed by atoms with Gasteiger partial charge in [0.25, 0.3) is 11.7 Å². The topological polar surface area (TPSA) is 87.1 Å². The van der Waals surface area contributed by atoms with Crippen LogP contribution in [0.25, 0.3) is 5.76 Å². The van der Waals surface area contributed by atoms with Gasteiger partial charge in [-0.3, -0.25) is 9.59 Å². The van der Waals surface area contributed by atoms with Crippen molar-refractivity contribution in [2.75, 3.05) is 6.61 Å². The van der Waals surface area contributed by atoms with E-state index in [0.29, 0.717) is 29.0 Å². The van der Waals surface area contributed by atoms with Crippen LogP contribution in [0.5, 0.6) is 11.5 Å². The van der Waals surface area contributed by atoms with Crippen molar-refractivity contribution < 1.29 is 28.9 Å². The predicted molar refractivity (Wildman–Crippen MR) is 125 cm³/mol. The minimum Gasteiger partial charge on any atom is -0.507 e. The van der Waals surface area contributed by atoms with Crippen LogP contribution in [-0.4, -0.2) is 33.4 Å². The van der Waals surface area contributed by atoms with Gasteiger partial charge in [-0.25, -0.2) is 4.39 Å². The number of halogens is 2. The van der Waals surface area contributed by atoms with Crippen LogP contribution in [0.1, 0.15) is 29.7 Å². The predicted octanol–water partition coefficient (Wildman–Crippen LogP) is 5.21. The first kappa shape index (κ1) is 23.3. The lowest BCUT2D eigenvalue weighted by atomic mass is 9.95. The summed E-state index contributed by atoms with van der Waals surface area (Å²) < 4.78 is 18.9. The monoisotopic (exact) mass is 481 g/mol. The number of amides is 1. The van der Waals surface area contributed by atoms with E-state index in [1.54, 1.807) is 24.3 Å². The number of ketones is 1. The molecular formula is C26H21ClFNO5. The van der Waals surface area contributed by atoms with Crippen LogP contribution >= 0.6 is 11.6 Å². The third kappa shape index (κ3) is 4.47. The van der Waals surface area contributed by atoms with Crippen molar-refractivity contribution in [2.45, 2.75) is 19.5 Å². The number of ether oxygens (including phenoxy) is 1. The second-order valence-electron chi connectivity index (χ2n) is 7.73. The van der Waals surface area contributed by atoms with Crippen molar-refractivity contribution in [1.82, 2.24) is 4.90 Å². The average Bonchev–Trinajstić information content (AvgIpc) is 3.07. The van der Waals surface area contributed by atoms with Crippen molar-refractivity contribution in [1.29, 1.82) is 0 Å². The average molecular weight is 482 g/mol. The Bertz CT molecular complexity index is 1290. The molecule has 1 aliphatic rings. The molecule has 1 amide bonds. The maximum absolute atomic E-state index is 13.4. The second-order valence-corrected chi connectivity index (χ2v) is 8.13. The first-order valence-electron chi connectivity index (χ1n) is 10.5. The Kier molecular flexibility index (Phi) is 6.56. The molecule has 1 saturated heterocycles. The molecule has 1 atom stereocenters. The first-order valence-corrected chi connectivity index (χ1v) is 10.9. The van der Waals surface area contributed by atoms with Crippen molar-refractivity contribution in [3.05, 3.63) is 99.8 Å². The van der Waals surface area contributed by atoms with E-state index in [1.165, 1.54) is 47.4 Å². The van der Waals surface area contributed by atoms with E-state index in [1.807, 2.05) is 6.92 Å². The standard InChI is InChI=1S/C26H21ClFNO5/c1-2-34-19-5-3-4-17(12-19)24(31)22-23(16-8-11-21(30)20(27)13-16)29(26(33)25(22)32)14-15-6-9-18(28)10-7-15/h3-13,23,30-31H,2,14H2,1H3/b24-22-. The first-order chi connectivity index (χ1) is 16.3. The van der Waals surface area contributed by atoms with Crippen LogP contribution < -0.4 is 4.74 Å². The highest BCUT2D eigenvalue weighted by Crippen LogP contribution is 2.42. The number of rotatable bonds is 6. The SMILES string of the molecule is CCOc1cccc(/C(O)=C2/C(=O)C(=O)N(Cc3ccc(F)cc3)C2c2ccc(O)c(Cl)c2)c1. The highest BCUT2D eigenvalue weighted by atomic mass is 35.5. The smallest absolute Gasteiger partial charge is 0.295 e. The molecule has 1 aliphatic heterocycles. The molecule has 1 unspecified atom stereocenters. The molecule has 0 bridgehead atoms. The van der Waals surface area contributed by atoms with Crippen molar-refractivity contribution in [3.8, 4) is 11.5 Å². The number of phenolic OH excluding ortho intramolecular Hbond substituents is 1. The zero-order valence-electron chi connectivity index (χ0n) is 18.2. The number of nitrogens with zero attached hydrogens (tertiary/aromatic N) is 1. The van der Waals surface area contributed by atoms with E-state index in [-0.39, 0.29) is 28.6 Å². The molecule has 34 heavy (non-hydrogen) atoms. The molecule has 3 aromatic carbocycles. The van der Waals surface area contributed by atoms with E-state index in [0.717, 1.165) is 0 Å². The highest BCUT2D eigenvalue weighted by molar-refractivity contribution is 6.46. The molecular weight excluding hydrogens is 461 g/mol. The Hall–Kier alpha value is -3.84. The lowest BCUT2D eigenvalue weighted by Gasteiger charge is -2.25. The number of hydrogen-bond donors (Lipinski definition) is 2. The summed E-state index contributed by atoms with van der Waals surface area (Å²) in [5, 5.41) is 21.1. The Morgan fingerprint density at radius 1 is 1.09 bits per heavy atom. The number of Topliss-reactive ketones (excluding diaryl/α,β-unsaturated/α-hetero) is 1. The van der Waals surface area contributed by atoms with Crippen molar-refractivity contribution in [2.24, 2.45) is 0 Å². The van der Waals surface area contributed by atoms with Gasteiger partial charge in [0, 0.05) is 12.1 Å². The zero-order chi connectivity index (χ0) is 24.4. The molecule has 8 heteroatoms. The van der Waals surface area contributed by atoms with Gasteiger partial charge in [0.2, 0.25) is 0 Å². The number of phenols is 1. The summed E-state index contributed by atoms with van der Waals surface area (Å²) in [6.07, 6.45) is 0.